The van der Waals surface area contributed by atoms with Crippen LogP contribution in [0.15, 0.2) is 59.7 Å². The van der Waals surface area contributed by atoms with Gasteiger partial charge in [0, 0.05) is 12.3 Å². The van der Waals surface area contributed by atoms with Crippen molar-refractivity contribution >= 4 is 11.6 Å². The molecule has 2 N–H and O–H groups in total. The first-order valence-electron chi connectivity index (χ1n) is 10.3. The number of aliphatic hydroxyl groups is 1. The summed E-state index contributed by atoms with van der Waals surface area (Å²) in [5, 5.41) is 12.6. The smallest absolute Gasteiger partial charge is 0.422 e. The lowest BCUT2D eigenvalue weighted by Gasteiger charge is -2.15. The third-order valence-corrected chi connectivity index (χ3v) is 5.18. The third kappa shape index (κ3) is 5.42. The molecule has 1 aliphatic carbocycles. The van der Waals surface area contributed by atoms with Crippen LogP contribution in [0.2, 0.25) is 0 Å². The van der Waals surface area contributed by atoms with Crippen LogP contribution in [0.1, 0.15) is 35.0 Å². The van der Waals surface area contributed by atoms with E-state index in [1.54, 1.807) is 6.07 Å². The summed E-state index contributed by atoms with van der Waals surface area (Å²) in [6.07, 6.45) is -0.909. The van der Waals surface area contributed by atoms with Gasteiger partial charge in [-0.05, 0) is 55.2 Å². The van der Waals surface area contributed by atoms with Crippen molar-refractivity contribution in [2.45, 2.75) is 25.1 Å². The number of benzene rings is 1. The number of alkyl halides is 3. The molecule has 2 aromatic heterocycles. The number of aliphatic hydroxyl groups excluding tert-OH is 1. The Morgan fingerprint density at radius 3 is 2.65 bits per heavy atom. The van der Waals surface area contributed by atoms with Gasteiger partial charge in [0.25, 0.3) is 11.5 Å². The van der Waals surface area contributed by atoms with Gasteiger partial charge in [-0.25, -0.2) is 4.39 Å². The molecule has 0 radical (unpaired) electrons. The number of halogens is 4. The minimum atomic E-state index is -4.67. The number of aromatic nitrogens is 2. The summed E-state index contributed by atoms with van der Waals surface area (Å²) in [5.74, 6) is -1.96. The summed E-state index contributed by atoms with van der Waals surface area (Å²) in [7, 11) is 0. The maximum atomic E-state index is 13.6. The van der Waals surface area contributed by atoms with E-state index in [0.29, 0.717) is 5.69 Å². The van der Waals surface area contributed by atoms with Crippen LogP contribution >= 0.6 is 0 Å². The van der Waals surface area contributed by atoms with Crippen LogP contribution in [-0.4, -0.2) is 33.3 Å². The molecule has 34 heavy (non-hydrogen) atoms. The normalized spacial score (nSPS) is 14.5. The zero-order chi connectivity index (χ0) is 24.5. The van der Waals surface area contributed by atoms with E-state index in [-0.39, 0.29) is 22.9 Å². The second-order valence-electron chi connectivity index (χ2n) is 7.82. The first-order chi connectivity index (χ1) is 16.1. The highest BCUT2D eigenvalue weighted by atomic mass is 19.4. The summed E-state index contributed by atoms with van der Waals surface area (Å²) in [5.41, 5.74) is -0.564. The van der Waals surface area contributed by atoms with Gasteiger partial charge in [0.05, 0.1) is 29.4 Å². The lowest BCUT2D eigenvalue weighted by molar-refractivity contribution is -0.153. The van der Waals surface area contributed by atoms with Gasteiger partial charge < -0.3 is 15.2 Å². The van der Waals surface area contributed by atoms with Gasteiger partial charge in [-0.15, -0.1) is 0 Å². The highest BCUT2D eigenvalue weighted by Crippen LogP contribution is 2.40. The van der Waals surface area contributed by atoms with Gasteiger partial charge >= 0.3 is 6.18 Å². The predicted octanol–water partition coefficient (Wildman–Crippen LogP) is 4.01. The van der Waals surface area contributed by atoms with Crippen LogP contribution in [0.3, 0.4) is 0 Å². The average molecular weight is 477 g/mol. The van der Waals surface area contributed by atoms with Crippen LogP contribution in [0.5, 0.6) is 5.75 Å². The Hall–Kier alpha value is -3.73. The van der Waals surface area contributed by atoms with Crippen molar-refractivity contribution < 1.29 is 32.2 Å². The Kier molecular flexibility index (Phi) is 6.38. The van der Waals surface area contributed by atoms with E-state index >= 15 is 0 Å². The molecule has 1 atom stereocenters. The molecule has 4 rings (SSSR count). The largest absolute Gasteiger partial charge is 0.482 e. The molecule has 1 saturated carbocycles. The molecule has 3 aromatic rings. The van der Waals surface area contributed by atoms with Crippen LogP contribution in [0, 0.1) is 11.7 Å². The molecule has 1 aliphatic rings. The molecule has 1 amide bonds. The molecule has 1 unspecified atom stereocenters. The van der Waals surface area contributed by atoms with Gasteiger partial charge in [-0.1, -0.05) is 0 Å². The molecule has 7 nitrogen and oxygen atoms in total. The number of nitrogens with one attached hydrogen (secondary N) is 1. The molecule has 2 heterocycles. The first kappa shape index (κ1) is 23.4. The zero-order valence-corrected chi connectivity index (χ0v) is 17.6. The molecular formula is C23H19F4N3O4. The van der Waals surface area contributed by atoms with Crippen LogP contribution in [0.25, 0.3) is 5.69 Å². The fourth-order valence-electron chi connectivity index (χ4n) is 3.32. The van der Waals surface area contributed by atoms with E-state index < -0.39 is 41.9 Å². The van der Waals surface area contributed by atoms with Crippen molar-refractivity contribution in [2.24, 2.45) is 5.92 Å². The fourth-order valence-corrected chi connectivity index (χ4v) is 3.32. The Bertz CT molecular complexity index is 1250. The summed E-state index contributed by atoms with van der Waals surface area (Å²) >= 11 is 0. The van der Waals surface area contributed by atoms with E-state index in [9.17, 15) is 32.3 Å². The summed E-state index contributed by atoms with van der Waals surface area (Å²) in [6.45, 7) is -1.68. The highest BCUT2D eigenvalue weighted by molar-refractivity contribution is 6.03. The number of hydrogen-bond acceptors (Lipinski definition) is 5. The number of rotatable bonds is 7. The zero-order valence-electron chi connectivity index (χ0n) is 17.6. The topological polar surface area (TPSA) is 93.5 Å². The Balaban J connectivity index is 1.57. The van der Waals surface area contributed by atoms with Crippen molar-refractivity contribution in [3.63, 3.8) is 0 Å². The summed E-state index contributed by atoms with van der Waals surface area (Å²) in [4.78, 5) is 29.8. The van der Waals surface area contributed by atoms with Crippen molar-refractivity contribution in [1.29, 1.82) is 0 Å². The van der Waals surface area contributed by atoms with Gasteiger partial charge in [0.1, 0.15) is 17.1 Å². The van der Waals surface area contributed by atoms with E-state index in [1.165, 1.54) is 30.6 Å². The predicted molar refractivity (Wildman–Crippen MR) is 113 cm³/mol. The molecular weight excluding hydrogens is 458 g/mol. The number of pyridine rings is 2. The summed E-state index contributed by atoms with van der Waals surface area (Å²) < 4.78 is 57.0. The number of carbonyl (C=O) groups excluding carboxylic acids is 1. The number of anilines is 1. The standard InChI is InChI=1S/C23H19F4N3O4/c24-14-5-8-18(19(10-14)34-12-23(25,26)27)30-9-1-2-16(22(30)33)21(32)29-15-6-7-17(28-11-15)20(31)13-3-4-13/h1-2,5-11,13,20,31H,3-4,12H2,(H,29,32). The Morgan fingerprint density at radius 2 is 2.00 bits per heavy atom. The average Bonchev–Trinajstić information content (AvgIpc) is 3.63. The molecule has 1 fully saturated rings. The van der Waals surface area contributed by atoms with Crippen molar-refractivity contribution in [3.05, 3.63) is 82.3 Å². The number of amides is 1. The van der Waals surface area contributed by atoms with E-state index in [0.717, 1.165) is 35.6 Å². The Morgan fingerprint density at radius 1 is 1.24 bits per heavy atom. The molecule has 0 aliphatic heterocycles. The lowest BCUT2D eigenvalue weighted by Crippen LogP contribution is -2.28. The molecule has 11 heteroatoms. The van der Waals surface area contributed by atoms with Crippen LogP contribution in [-0.2, 0) is 0 Å². The molecule has 1 aromatic carbocycles. The summed E-state index contributed by atoms with van der Waals surface area (Å²) in [6, 6.07) is 8.47. The quantitative estimate of drug-likeness (QED) is 0.502. The number of hydrogen-bond donors (Lipinski definition) is 2. The highest BCUT2D eigenvalue weighted by Gasteiger charge is 2.31. The van der Waals surface area contributed by atoms with E-state index in [1.807, 2.05) is 0 Å². The van der Waals surface area contributed by atoms with Gasteiger partial charge in [-0.3, -0.25) is 19.1 Å². The molecule has 0 saturated heterocycles. The number of carbonyl (C=O) groups is 1. The van der Waals surface area contributed by atoms with Crippen molar-refractivity contribution in [3.8, 4) is 11.4 Å². The number of ether oxygens (including phenoxy) is 1. The van der Waals surface area contributed by atoms with Crippen LogP contribution < -0.4 is 15.6 Å². The van der Waals surface area contributed by atoms with Crippen molar-refractivity contribution in [2.75, 3.05) is 11.9 Å². The van der Waals surface area contributed by atoms with Gasteiger partial charge in [-0.2, -0.15) is 13.2 Å². The monoisotopic (exact) mass is 477 g/mol. The third-order valence-electron chi connectivity index (χ3n) is 5.18. The van der Waals surface area contributed by atoms with Gasteiger partial charge in [0.15, 0.2) is 6.61 Å². The number of nitrogens with zero attached hydrogens (tertiary/aromatic N) is 2. The maximum absolute atomic E-state index is 13.6. The van der Waals surface area contributed by atoms with Gasteiger partial charge in [0.2, 0.25) is 0 Å². The minimum Gasteiger partial charge on any atom is -0.482 e. The SMILES string of the molecule is O=C(Nc1ccc(C(O)C2CC2)nc1)c1cccn(-c2ccc(F)cc2OCC(F)(F)F)c1=O. The fraction of sp³-hybridized carbons (Fsp3) is 0.261. The molecule has 0 spiro atoms. The van der Waals surface area contributed by atoms with E-state index in [2.05, 4.69) is 15.0 Å². The Labute approximate surface area is 190 Å². The molecule has 0 bridgehead atoms. The van der Waals surface area contributed by atoms with Crippen molar-refractivity contribution in [1.82, 2.24) is 9.55 Å². The first-order valence-corrected chi connectivity index (χ1v) is 10.3. The molecule has 178 valence electrons. The second kappa shape index (κ2) is 9.26. The lowest BCUT2D eigenvalue weighted by atomic mass is 10.1. The minimum absolute atomic E-state index is 0.162. The maximum Gasteiger partial charge on any atom is 0.422 e. The van der Waals surface area contributed by atoms with E-state index in [4.69, 9.17) is 0 Å². The second-order valence-corrected chi connectivity index (χ2v) is 7.82. The van der Waals surface area contributed by atoms with Crippen LogP contribution in [0.4, 0.5) is 23.2 Å².